The van der Waals surface area contributed by atoms with Gasteiger partial charge in [0.15, 0.2) is 0 Å². The molecule has 0 saturated carbocycles. The summed E-state index contributed by atoms with van der Waals surface area (Å²) in [7, 11) is 0. The maximum absolute atomic E-state index is 13.2. The maximum atomic E-state index is 13.2. The van der Waals surface area contributed by atoms with E-state index in [-0.39, 0.29) is 22.0 Å². The molecule has 0 spiro atoms. The molecule has 0 radical (unpaired) electrons. The van der Waals surface area contributed by atoms with Crippen LogP contribution in [0.5, 0.6) is 5.75 Å². The van der Waals surface area contributed by atoms with Gasteiger partial charge in [-0.3, -0.25) is 4.79 Å². The van der Waals surface area contributed by atoms with Gasteiger partial charge in [-0.15, -0.1) is 0 Å². The van der Waals surface area contributed by atoms with Crippen LogP contribution >= 0.6 is 27.5 Å². The molecule has 0 bridgehead atoms. The molecule has 0 aliphatic heterocycles. The van der Waals surface area contributed by atoms with Crippen LogP contribution in [0.4, 0.5) is 10.1 Å². The van der Waals surface area contributed by atoms with Gasteiger partial charge in [0.25, 0.3) is 5.91 Å². The van der Waals surface area contributed by atoms with Gasteiger partial charge in [-0.05, 0) is 52.3 Å². The third-order valence-corrected chi connectivity index (χ3v) is 3.36. The Balaban J connectivity index is 2.20. The van der Waals surface area contributed by atoms with Crippen molar-refractivity contribution in [2.45, 2.75) is 0 Å². The number of hydrogen-bond donors (Lipinski definition) is 2. The molecule has 1 amide bonds. The summed E-state index contributed by atoms with van der Waals surface area (Å²) in [5.41, 5.74) is 0.547. The highest BCUT2D eigenvalue weighted by Gasteiger charge is 2.09. The lowest BCUT2D eigenvalue weighted by atomic mass is 10.2. The molecule has 0 unspecified atom stereocenters. The van der Waals surface area contributed by atoms with Crippen molar-refractivity contribution in [2.24, 2.45) is 0 Å². The lowest BCUT2D eigenvalue weighted by molar-refractivity contribution is 0.102. The zero-order valence-electron chi connectivity index (χ0n) is 9.45. The van der Waals surface area contributed by atoms with Gasteiger partial charge >= 0.3 is 0 Å². The Labute approximate surface area is 122 Å². The summed E-state index contributed by atoms with van der Waals surface area (Å²) < 4.78 is 13.7. The van der Waals surface area contributed by atoms with Gasteiger partial charge in [0, 0.05) is 11.3 Å². The average Bonchev–Trinajstić information content (AvgIpc) is 2.37. The molecule has 0 heterocycles. The summed E-state index contributed by atoms with van der Waals surface area (Å²) in [5.74, 6) is -1.11. The van der Waals surface area contributed by atoms with E-state index in [2.05, 4.69) is 21.2 Å². The number of phenolic OH excluding ortho intramolecular Hbond substituents is 1. The van der Waals surface area contributed by atoms with Crippen LogP contribution in [0.3, 0.4) is 0 Å². The second kappa shape index (κ2) is 5.59. The lowest BCUT2D eigenvalue weighted by Crippen LogP contribution is -2.11. The summed E-state index contributed by atoms with van der Waals surface area (Å²) >= 11 is 8.66. The van der Waals surface area contributed by atoms with Gasteiger partial charge in [0.05, 0.1) is 9.50 Å². The Morgan fingerprint density at radius 2 is 2.00 bits per heavy atom. The second-order valence-corrected chi connectivity index (χ2v) is 5.01. The van der Waals surface area contributed by atoms with E-state index in [1.165, 1.54) is 24.3 Å². The number of benzene rings is 2. The molecule has 2 aromatic rings. The first-order chi connectivity index (χ1) is 8.97. The highest BCUT2D eigenvalue weighted by atomic mass is 79.9. The van der Waals surface area contributed by atoms with Crippen LogP contribution in [0.2, 0.25) is 5.02 Å². The Kier molecular flexibility index (Phi) is 4.07. The van der Waals surface area contributed by atoms with Crippen molar-refractivity contribution in [1.82, 2.24) is 0 Å². The molecule has 0 aliphatic rings. The first kappa shape index (κ1) is 13.8. The summed E-state index contributed by atoms with van der Waals surface area (Å²) in [6, 6.07) is 8.36. The van der Waals surface area contributed by atoms with Gasteiger partial charge in [-0.2, -0.15) is 0 Å². The maximum Gasteiger partial charge on any atom is 0.255 e. The van der Waals surface area contributed by atoms with E-state index in [1.54, 1.807) is 6.07 Å². The fourth-order valence-corrected chi connectivity index (χ4v) is 1.80. The van der Waals surface area contributed by atoms with Gasteiger partial charge in [-0.25, -0.2) is 4.39 Å². The number of anilines is 1. The number of hydrogen-bond acceptors (Lipinski definition) is 2. The molecule has 2 rings (SSSR count). The molecule has 2 N–H and O–H groups in total. The number of amides is 1. The molecule has 19 heavy (non-hydrogen) atoms. The molecular weight excluding hydrogens is 337 g/mol. The van der Waals surface area contributed by atoms with Gasteiger partial charge in [-0.1, -0.05) is 11.6 Å². The number of phenols is 1. The van der Waals surface area contributed by atoms with Crippen LogP contribution in [0.1, 0.15) is 10.4 Å². The van der Waals surface area contributed by atoms with Crippen LogP contribution in [-0.2, 0) is 0 Å². The van der Waals surface area contributed by atoms with Crippen molar-refractivity contribution < 1.29 is 14.3 Å². The van der Waals surface area contributed by atoms with E-state index >= 15 is 0 Å². The minimum atomic E-state index is -0.613. The number of halogens is 3. The molecular formula is C13H8BrClFNO2. The molecule has 0 saturated heterocycles. The van der Waals surface area contributed by atoms with Crippen molar-refractivity contribution >= 4 is 39.1 Å². The molecule has 0 atom stereocenters. The second-order valence-electron chi connectivity index (χ2n) is 3.75. The Bertz CT molecular complexity index is 649. The SMILES string of the molecule is O=C(Nc1ccc(Cl)c(F)c1)c1ccc(Br)c(O)c1. The van der Waals surface area contributed by atoms with E-state index in [0.717, 1.165) is 6.07 Å². The van der Waals surface area contributed by atoms with Gasteiger partial charge < -0.3 is 10.4 Å². The fourth-order valence-electron chi connectivity index (χ4n) is 1.43. The highest BCUT2D eigenvalue weighted by Crippen LogP contribution is 2.25. The molecule has 6 heteroatoms. The first-order valence-electron chi connectivity index (χ1n) is 5.22. The Morgan fingerprint density at radius 1 is 1.26 bits per heavy atom. The van der Waals surface area contributed by atoms with Crippen molar-refractivity contribution in [2.75, 3.05) is 5.32 Å². The molecule has 0 aromatic heterocycles. The van der Waals surface area contributed by atoms with Gasteiger partial charge in [0.2, 0.25) is 0 Å². The normalized spacial score (nSPS) is 10.3. The quantitative estimate of drug-likeness (QED) is 0.858. The molecule has 3 nitrogen and oxygen atoms in total. The zero-order valence-corrected chi connectivity index (χ0v) is 11.8. The fraction of sp³-hybridized carbons (Fsp3) is 0. The minimum absolute atomic E-state index is 0.0146. The third-order valence-electron chi connectivity index (χ3n) is 2.39. The predicted octanol–water partition coefficient (Wildman–Crippen LogP) is 4.20. The summed E-state index contributed by atoms with van der Waals surface area (Å²) in [5, 5.41) is 12.0. The lowest BCUT2D eigenvalue weighted by Gasteiger charge is -2.07. The number of rotatable bonds is 2. The highest BCUT2D eigenvalue weighted by molar-refractivity contribution is 9.10. The monoisotopic (exact) mass is 343 g/mol. The van der Waals surface area contributed by atoms with E-state index in [1.807, 2.05) is 0 Å². The van der Waals surface area contributed by atoms with Crippen molar-refractivity contribution in [1.29, 1.82) is 0 Å². The summed E-state index contributed by atoms with van der Waals surface area (Å²) in [6.07, 6.45) is 0. The Morgan fingerprint density at radius 3 is 2.63 bits per heavy atom. The van der Waals surface area contributed by atoms with E-state index in [0.29, 0.717) is 4.47 Å². The minimum Gasteiger partial charge on any atom is -0.507 e. The van der Waals surface area contributed by atoms with E-state index < -0.39 is 11.7 Å². The van der Waals surface area contributed by atoms with Crippen molar-refractivity contribution in [3.05, 3.63) is 57.3 Å². The molecule has 0 aliphatic carbocycles. The third kappa shape index (κ3) is 3.24. The average molecular weight is 345 g/mol. The van der Waals surface area contributed by atoms with Crippen LogP contribution in [0, 0.1) is 5.82 Å². The summed E-state index contributed by atoms with van der Waals surface area (Å²) in [4.78, 5) is 11.9. The number of carbonyl (C=O) groups is 1. The van der Waals surface area contributed by atoms with Crippen LogP contribution in [0.15, 0.2) is 40.9 Å². The van der Waals surface area contributed by atoms with Crippen LogP contribution < -0.4 is 5.32 Å². The van der Waals surface area contributed by atoms with Crippen molar-refractivity contribution in [3.63, 3.8) is 0 Å². The summed E-state index contributed by atoms with van der Waals surface area (Å²) in [6.45, 7) is 0. The molecule has 98 valence electrons. The molecule has 2 aromatic carbocycles. The largest absolute Gasteiger partial charge is 0.507 e. The number of nitrogens with one attached hydrogen (secondary N) is 1. The van der Waals surface area contributed by atoms with Gasteiger partial charge in [0.1, 0.15) is 11.6 Å². The molecule has 0 fully saturated rings. The Hall–Kier alpha value is -1.59. The van der Waals surface area contributed by atoms with Crippen LogP contribution in [-0.4, -0.2) is 11.0 Å². The van der Waals surface area contributed by atoms with Crippen LogP contribution in [0.25, 0.3) is 0 Å². The van der Waals surface area contributed by atoms with E-state index in [9.17, 15) is 14.3 Å². The zero-order chi connectivity index (χ0) is 14.0. The number of aromatic hydroxyl groups is 1. The smallest absolute Gasteiger partial charge is 0.255 e. The standard InChI is InChI=1S/C13H8BrClFNO2/c14-9-3-1-7(5-12(9)18)13(19)17-8-2-4-10(15)11(16)6-8/h1-6,18H,(H,17,19). The predicted molar refractivity (Wildman–Crippen MR) is 75.2 cm³/mol. The first-order valence-corrected chi connectivity index (χ1v) is 6.39. The number of carbonyl (C=O) groups excluding carboxylic acids is 1. The topological polar surface area (TPSA) is 49.3 Å². The van der Waals surface area contributed by atoms with Crippen molar-refractivity contribution in [3.8, 4) is 5.75 Å². The van der Waals surface area contributed by atoms with E-state index in [4.69, 9.17) is 11.6 Å².